The van der Waals surface area contributed by atoms with Crippen LogP contribution in [0.25, 0.3) is 0 Å². The highest BCUT2D eigenvalue weighted by molar-refractivity contribution is 6.36. The minimum atomic E-state index is -4.93. The summed E-state index contributed by atoms with van der Waals surface area (Å²) in [6.45, 7) is 0. The summed E-state index contributed by atoms with van der Waals surface area (Å²) >= 11 is 0. The first-order chi connectivity index (χ1) is 7.79. The Balaban J connectivity index is 2.92. The van der Waals surface area contributed by atoms with E-state index < -0.39 is 24.0 Å². The van der Waals surface area contributed by atoms with E-state index in [4.69, 9.17) is 5.11 Å². The molecule has 1 aromatic rings. The smallest absolute Gasteiger partial charge is 0.474 e. The quantitative estimate of drug-likeness (QED) is 0.780. The fourth-order valence-electron chi connectivity index (χ4n) is 0.959. The highest BCUT2D eigenvalue weighted by Gasteiger charge is 2.32. The van der Waals surface area contributed by atoms with E-state index in [9.17, 15) is 22.8 Å². The van der Waals surface area contributed by atoms with Crippen LogP contribution in [0.3, 0.4) is 0 Å². The Labute approximate surface area is 92.8 Å². The number of carbonyl (C=O) groups excluding carboxylic acids is 1. The van der Waals surface area contributed by atoms with Gasteiger partial charge in [-0.05, 0) is 12.1 Å². The first-order valence-electron chi connectivity index (χ1n) is 4.18. The Kier molecular flexibility index (Phi) is 3.56. The number of aliphatic carboxylic acids is 1. The Hall–Kier alpha value is -2.25. The maximum atomic E-state index is 12.0. The number of carboxylic acids is 1. The summed E-state index contributed by atoms with van der Waals surface area (Å²) in [6.07, 6.45) is -4.93. The number of para-hydroxylation sites is 2. The molecule has 17 heavy (non-hydrogen) atoms. The number of nitrogens with one attached hydrogen (secondary N) is 1. The van der Waals surface area contributed by atoms with Crippen LogP contribution >= 0.6 is 0 Å². The summed E-state index contributed by atoms with van der Waals surface area (Å²) in [7, 11) is 0. The predicted octanol–water partition coefficient (Wildman–Crippen LogP) is 1.61. The van der Waals surface area contributed by atoms with Gasteiger partial charge in [0.15, 0.2) is 5.75 Å². The van der Waals surface area contributed by atoms with Crippen molar-refractivity contribution in [1.82, 2.24) is 0 Å². The molecule has 8 heteroatoms. The number of rotatable bonds is 2. The molecule has 0 heterocycles. The highest BCUT2D eigenvalue weighted by atomic mass is 19.4. The average molecular weight is 249 g/mol. The summed E-state index contributed by atoms with van der Waals surface area (Å²) < 4.78 is 39.5. The number of carbonyl (C=O) groups is 2. The van der Waals surface area contributed by atoms with Crippen molar-refractivity contribution in [3.8, 4) is 5.75 Å². The normalized spacial score (nSPS) is 10.8. The van der Waals surface area contributed by atoms with Crippen molar-refractivity contribution in [2.75, 3.05) is 5.32 Å². The fourth-order valence-corrected chi connectivity index (χ4v) is 0.959. The Morgan fingerprint density at radius 2 is 1.82 bits per heavy atom. The van der Waals surface area contributed by atoms with Crippen LogP contribution in [0.15, 0.2) is 24.3 Å². The van der Waals surface area contributed by atoms with Gasteiger partial charge in [-0.2, -0.15) is 0 Å². The molecule has 2 N–H and O–H groups in total. The molecule has 1 aromatic carbocycles. The van der Waals surface area contributed by atoms with Gasteiger partial charge >= 0.3 is 18.2 Å². The molecule has 0 radical (unpaired) electrons. The zero-order valence-corrected chi connectivity index (χ0v) is 8.12. The second-order valence-corrected chi connectivity index (χ2v) is 2.80. The van der Waals surface area contributed by atoms with Crippen LogP contribution in [0.5, 0.6) is 5.75 Å². The molecule has 0 unspecified atom stereocenters. The number of hydrogen-bond acceptors (Lipinski definition) is 3. The van der Waals surface area contributed by atoms with E-state index in [0.29, 0.717) is 0 Å². The monoisotopic (exact) mass is 249 g/mol. The molecule has 0 saturated heterocycles. The molecule has 0 aliphatic rings. The third-order valence-electron chi connectivity index (χ3n) is 1.56. The second-order valence-electron chi connectivity index (χ2n) is 2.80. The predicted molar refractivity (Wildman–Crippen MR) is 49.4 cm³/mol. The van der Waals surface area contributed by atoms with Crippen molar-refractivity contribution >= 4 is 17.6 Å². The van der Waals surface area contributed by atoms with Gasteiger partial charge in [0, 0.05) is 0 Å². The van der Waals surface area contributed by atoms with Gasteiger partial charge in [-0.25, -0.2) is 4.79 Å². The number of benzene rings is 1. The zero-order valence-electron chi connectivity index (χ0n) is 8.12. The van der Waals surface area contributed by atoms with Crippen molar-refractivity contribution in [3.63, 3.8) is 0 Å². The lowest BCUT2D eigenvalue weighted by Gasteiger charge is -2.12. The minimum Gasteiger partial charge on any atom is -0.474 e. The first-order valence-corrected chi connectivity index (χ1v) is 4.18. The van der Waals surface area contributed by atoms with Crippen molar-refractivity contribution in [2.24, 2.45) is 0 Å². The lowest BCUT2D eigenvalue weighted by molar-refractivity contribution is -0.274. The minimum absolute atomic E-state index is 0.378. The van der Waals surface area contributed by atoms with Crippen LogP contribution in [0, 0.1) is 0 Å². The number of hydrogen-bond donors (Lipinski definition) is 2. The van der Waals surface area contributed by atoms with E-state index >= 15 is 0 Å². The van der Waals surface area contributed by atoms with Crippen molar-refractivity contribution in [1.29, 1.82) is 0 Å². The summed E-state index contributed by atoms with van der Waals surface area (Å²) in [5.74, 6) is -3.95. The Morgan fingerprint density at radius 1 is 1.24 bits per heavy atom. The highest BCUT2D eigenvalue weighted by Crippen LogP contribution is 2.29. The largest absolute Gasteiger partial charge is 0.573 e. The standard InChI is InChI=1S/C9H6F3NO4/c10-9(11,12)17-6-4-2-1-3-5(6)13-7(14)8(15)16/h1-4H,(H,13,14)(H,15,16). The number of alkyl halides is 3. The van der Waals surface area contributed by atoms with E-state index in [2.05, 4.69) is 4.74 Å². The number of ether oxygens (including phenoxy) is 1. The van der Waals surface area contributed by atoms with E-state index in [0.717, 1.165) is 12.1 Å². The summed E-state index contributed by atoms with van der Waals surface area (Å²) in [5.41, 5.74) is -0.378. The third kappa shape index (κ3) is 4.01. The molecule has 0 aliphatic heterocycles. The van der Waals surface area contributed by atoms with E-state index in [1.807, 2.05) is 0 Å². The van der Waals surface area contributed by atoms with E-state index in [1.165, 1.54) is 12.1 Å². The molecule has 0 spiro atoms. The van der Waals surface area contributed by atoms with Gasteiger partial charge in [0.1, 0.15) is 0 Å². The molecule has 5 nitrogen and oxygen atoms in total. The topological polar surface area (TPSA) is 75.6 Å². The summed E-state index contributed by atoms with van der Waals surface area (Å²) in [6, 6.07) is 4.60. The maximum Gasteiger partial charge on any atom is 0.573 e. The molecule has 0 bridgehead atoms. The molecule has 92 valence electrons. The van der Waals surface area contributed by atoms with E-state index in [-0.39, 0.29) is 5.69 Å². The summed E-state index contributed by atoms with van der Waals surface area (Å²) in [5, 5.41) is 10.1. The molecule has 0 saturated carbocycles. The third-order valence-corrected chi connectivity index (χ3v) is 1.56. The van der Waals surface area contributed by atoms with Crippen molar-refractivity contribution in [3.05, 3.63) is 24.3 Å². The van der Waals surface area contributed by atoms with Crippen LogP contribution in [0.2, 0.25) is 0 Å². The van der Waals surface area contributed by atoms with Crippen LogP contribution in [0.4, 0.5) is 18.9 Å². The number of halogens is 3. The number of anilines is 1. The van der Waals surface area contributed by atoms with E-state index in [1.54, 1.807) is 5.32 Å². The molecule has 0 aromatic heterocycles. The van der Waals surface area contributed by atoms with Gasteiger partial charge in [0.05, 0.1) is 5.69 Å². The fraction of sp³-hybridized carbons (Fsp3) is 0.111. The molecule has 1 rings (SSSR count). The zero-order chi connectivity index (χ0) is 13.1. The van der Waals surface area contributed by atoms with Gasteiger partial charge in [0.25, 0.3) is 0 Å². The maximum absolute atomic E-state index is 12.0. The van der Waals surface area contributed by atoms with Crippen molar-refractivity contribution < 1.29 is 32.6 Å². The van der Waals surface area contributed by atoms with Gasteiger partial charge in [-0.3, -0.25) is 4.79 Å². The van der Waals surface area contributed by atoms with Crippen molar-refractivity contribution in [2.45, 2.75) is 6.36 Å². The molecule has 0 aliphatic carbocycles. The average Bonchev–Trinajstić information content (AvgIpc) is 2.18. The van der Waals surface area contributed by atoms with Gasteiger partial charge in [-0.1, -0.05) is 12.1 Å². The Bertz CT molecular complexity index is 444. The second kappa shape index (κ2) is 4.73. The summed E-state index contributed by atoms with van der Waals surface area (Å²) in [4.78, 5) is 21.0. The van der Waals surface area contributed by atoms with Gasteiger partial charge in [-0.15, -0.1) is 13.2 Å². The molecule has 0 atom stereocenters. The number of amides is 1. The van der Waals surface area contributed by atoms with Crippen LogP contribution in [-0.2, 0) is 9.59 Å². The SMILES string of the molecule is O=C(O)C(=O)Nc1ccccc1OC(F)(F)F. The van der Waals surface area contributed by atoms with Gasteiger partial charge < -0.3 is 15.2 Å². The lowest BCUT2D eigenvalue weighted by atomic mass is 10.3. The van der Waals surface area contributed by atoms with Crippen LogP contribution in [-0.4, -0.2) is 23.3 Å². The first kappa shape index (κ1) is 12.8. The molecule has 1 amide bonds. The number of carboxylic acid groups (broad SMARTS) is 1. The van der Waals surface area contributed by atoms with Crippen LogP contribution < -0.4 is 10.1 Å². The Morgan fingerprint density at radius 3 is 2.35 bits per heavy atom. The molecule has 0 fully saturated rings. The van der Waals surface area contributed by atoms with Gasteiger partial charge in [0.2, 0.25) is 0 Å². The lowest BCUT2D eigenvalue weighted by Crippen LogP contribution is -2.23. The molecular weight excluding hydrogens is 243 g/mol. The van der Waals surface area contributed by atoms with Crippen LogP contribution in [0.1, 0.15) is 0 Å². The molecular formula is C9H6F3NO4.